The van der Waals surface area contributed by atoms with Gasteiger partial charge in [0.1, 0.15) is 11.9 Å². The number of carboxylic acids is 1. The number of carbonyl (C=O) groups is 2. The second-order valence-corrected chi connectivity index (χ2v) is 6.41. The minimum atomic E-state index is -0.974. The third kappa shape index (κ3) is 4.47. The number of aliphatic carboxylic acids is 1. The highest BCUT2D eigenvalue weighted by atomic mass is 19.1. The van der Waals surface area contributed by atoms with Crippen molar-refractivity contribution in [2.75, 3.05) is 5.32 Å². The van der Waals surface area contributed by atoms with Crippen molar-refractivity contribution in [2.24, 2.45) is 0 Å². The first-order valence-electron chi connectivity index (χ1n) is 8.76. The van der Waals surface area contributed by atoms with Crippen LogP contribution < -0.4 is 5.32 Å². The smallest absolute Gasteiger partial charge is 0.303 e. The number of nitrogens with one attached hydrogen (secondary N) is 2. The molecule has 29 heavy (non-hydrogen) atoms. The molecule has 2 aromatic carbocycles. The molecule has 0 aliphatic rings. The molecular formula is C21H17FN4O3. The lowest BCUT2D eigenvalue weighted by molar-refractivity contribution is -0.136. The maximum atomic E-state index is 13.9. The second-order valence-electron chi connectivity index (χ2n) is 6.41. The predicted octanol–water partition coefficient (Wildman–Crippen LogP) is 3.55. The SMILES string of the molecule is Cc1c(F)ccc(CCC(=O)O)c1NC(=O)/C=C/c1ccc2c(C#N)n[nH]c2c1. The largest absolute Gasteiger partial charge is 0.481 e. The van der Waals surface area contributed by atoms with E-state index in [9.17, 15) is 14.0 Å². The number of nitrogens with zero attached hydrogens (tertiary/aromatic N) is 2. The Morgan fingerprint density at radius 2 is 2.14 bits per heavy atom. The van der Waals surface area contributed by atoms with Gasteiger partial charge in [-0.25, -0.2) is 4.39 Å². The maximum absolute atomic E-state index is 13.9. The first kappa shape index (κ1) is 19.8. The van der Waals surface area contributed by atoms with E-state index in [4.69, 9.17) is 10.4 Å². The fraction of sp³-hybridized carbons (Fsp3) is 0.143. The van der Waals surface area contributed by atoms with Crippen LogP contribution in [0.15, 0.2) is 36.4 Å². The summed E-state index contributed by atoms with van der Waals surface area (Å²) in [6.07, 6.45) is 2.92. The van der Waals surface area contributed by atoms with E-state index in [-0.39, 0.29) is 24.1 Å². The van der Waals surface area contributed by atoms with E-state index in [1.54, 1.807) is 24.3 Å². The molecule has 3 rings (SSSR count). The number of carboxylic acid groups (broad SMARTS) is 1. The summed E-state index contributed by atoms with van der Waals surface area (Å²) in [6, 6.07) is 9.95. The predicted molar refractivity (Wildman–Crippen MR) is 106 cm³/mol. The number of rotatable bonds is 6. The molecule has 8 heteroatoms. The molecule has 0 atom stereocenters. The topological polar surface area (TPSA) is 119 Å². The van der Waals surface area contributed by atoms with Gasteiger partial charge in [-0.15, -0.1) is 0 Å². The summed E-state index contributed by atoms with van der Waals surface area (Å²) < 4.78 is 13.9. The third-order valence-corrected chi connectivity index (χ3v) is 4.46. The monoisotopic (exact) mass is 392 g/mol. The summed E-state index contributed by atoms with van der Waals surface area (Å²) in [5.74, 6) is -1.93. The lowest BCUT2D eigenvalue weighted by atomic mass is 10.0. The Balaban J connectivity index is 1.79. The van der Waals surface area contributed by atoms with Crippen molar-refractivity contribution in [2.45, 2.75) is 19.8 Å². The Hall–Kier alpha value is -3.99. The van der Waals surface area contributed by atoms with Gasteiger partial charge in [0.15, 0.2) is 5.69 Å². The van der Waals surface area contributed by atoms with Crippen molar-refractivity contribution in [3.63, 3.8) is 0 Å². The van der Waals surface area contributed by atoms with Crippen LogP contribution in [0.1, 0.15) is 28.8 Å². The van der Waals surface area contributed by atoms with Gasteiger partial charge in [0.25, 0.3) is 0 Å². The van der Waals surface area contributed by atoms with E-state index >= 15 is 0 Å². The number of hydrogen-bond acceptors (Lipinski definition) is 4. The van der Waals surface area contributed by atoms with Gasteiger partial charge in [0, 0.05) is 23.4 Å². The van der Waals surface area contributed by atoms with Gasteiger partial charge < -0.3 is 10.4 Å². The number of H-pyrrole nitrogens is 1. The minimum absolute atomic E-state index is 0.126. The molecule has 7 nitrogen and oxygen atoms in total. The quantitative estimate of drug-likeness (QED) is 0.554. The van der Waals surface area contributed by atoms with Crippen LogP contribution in [0.2, 0.25) is 0 Å². The summed E-state index contributed by atoms with van der Waals surface area (Å²) in [7, 11) is 0. The number of anilines is 1. The number of carbonyl (C=O) groups excluding carboxylic acids is 1. The number of aryl methyl sites for hydroxylation is 1. The van der Waals surface area contributed by atoms with Crippen molar-refractivity contribution in [1.82, 2.24) is 10.2 Å². The number of nitriles is 1. The van der Waals surface area contributed by atoms with E-state index < -0.39 is 17.7 Å². The molecule has 3 N–H and O–H groups in total. The summed E-state index contributed by atoms with van der Waals surface area (Å²) in [5.41, 5.74) is 2.75. The Morgan fingerprint density at radius 1 is 1.34 bits per heavy atom. The summed E-state index contributed by atoms with van der Waals surface area (Å²) in [4.78, 5) is 23.2. The molecule has 1 aromatic heterocycles. The Labute approximate surface area is 165 Å². The van der Waals surface area contributed by atoms with Gasteiger partial charge in [-0.05, 0) is 48.7 Å². The van der Waals surface area contributed by atoms with Crippen molar-refractivity contribution in [1.29, 1.82) is 5.26 Å². The van der Waals surface area contributed by atoms with Gasteiger partial charge in [0.2, 0.25) is 5.91 Å². The summed E-state index contributed by atoms with van der Waals surface area (Å²) in [6.45, 7) is 1.53. The Kier molecular flexibility index (Phi) is 5.69. The number of aromatic nitrogens is 2. The average molecular weight is 392 g/mol. The first-order valence-corrected chi connectivity index (χ1v) is 8.76. The highest BCUT2D eigenvalue weighted by molar-refractivity contribution is 6.03. The molecule has 146 valence electrons. The van der Waals surface area contributed by atoms with Crippen LogP contribution in [0.4, 0.5) is 10.1 Å². The van der Waals surface area contributed by atoms with E-state index in [1.165, 1.54) is 25.1 Å². The molecule has 0 fully saturated rings. The fourth-order valence-corrected chi connectivity index (χ4v) is 2.93. The van der Waals surface area contributed by atoms with E-state index in [0.29, 0.717) is 27.7 Å². The molecule has 0 saturated heterocycles. The molecule has 0 bridgehead atoms. The third-order valence-electron chi connectivity index (χ3n) is 4.46. The zero-order chi connectivity index (χ0) is 21.0. The Morgan fingerprint density at radius 3 is 2.86 bits per heavy atom. The maximum Gasteiger partial charge on any atom is 0.303 e. The van der Waals surface area contributed by atoms with Crippen molar-refractivity contribution >= 4 is 34.5 Å². The number of halogens is 1. The number of aromatic amines is 1. The highest BCUT2D eigenvalue weighted by Gasteiger charge is 2.13. The number of fused-ring (bicyclic) bond motifs is 1. The fourth-order valence-electron chi connectivity index (χ4n) is 2.93. The molecule has 0 aliphatic heterocycles. The van der Waals surface area contributed by atoms with E-state index in [2.05, 4.69) is 15.5 Å². The van der Waals surface area contributed by atoms with Gasteiger partial charge in [-0.3, -0.25) is 14.7 Å². The molecule has 0 radical (unpaired) electrons. The molecular weight excluding hydrogens is 375 g/mol. The van der Waals surface area contributed by atoms with Gasteiger partial charge in [0.05, 0.1) is 11.2 Å². The molecule has 1 heterocycles. The van der Waals surface area contributed by atoms with Crippen LogP contribution in [0.25, 0.3) is 17.0 Å². The Bertz CT molecular complexity index is 1170. The van der Waals surface area contributed by atoms with Crippen LogP contribution in [0.3, 0.4) is 0 Å². The van der Waals surface area contributed by atoms with Crippen LogP contribution in [0.5, 0.6) is 0 Å². The van der Waals surface area contributed by atoms with Gasteiger partial charge in [-0.2, -0.15) is 10.4 Å². The van der Waals surface area contributed by atoms with E-state index in [1.807, 2.05) is 6.07 Å². The molecule has 0 saturated carbocycles. The average Bonchev–Trinajstić information content (AvgIpc) is 3.11. The van der Waals surface area contributed by atoms with Crippen molar-refractivity contribution < 1.29 is 19.1 Å². The van der Waals surface area contributed by atoms with Crippen LogP contribution in [-0.4, -0.2) is 27.2 Å². The highest BCUT2D eigenvalue weighted by Crippen LogP contribution is 2.25. The standard InChI is InChI=1S/C21H17FN4O3/c1-12-16(22)7-4-14(5-9-20(28)29)21(12)24-19(27)8-3-13-2-6-15-17(10-13)25-26-18(15)11-23/h2-4,6-8,10H,5,9H2,1H3,(H,24,27)(H,25,26)(H,28,29)/b8-3+. The van der Waals surface area contributed by atoms with Crippen LogP contribution in [0, 0.1) is 24.1 Å². The molecule has 0 unspecified atom stereocenters. The normalized spacial score (nSPS) is 10.9. The lowest BCUT2D eigenvalue weighted by Crippen LogP contribution is -2.12. The van der Waals surface area contributed by atoms with E-state index in [0.717, 1.165) is 0 Å². The molecule has 1 amide bonds. The molecule has 0 spiro atoms. The minimum Gasteiger partial charge on any atom is -0.481 e. The first-order chi connectivity index (χ1) is 13.9. The van der Waals surface area contributed by atoms with Crippen LogP contribution in [-0.2, 0) is 16.0 Å². The van der Waals surface area contributed by atoms with Crippen molar-refractivity contribution in [3.05, 3.63) is 64.6 Å². The number of benzene rings is 2. The van der Waals surface area contributed by atoms with Crippen molar-refractivity contribution in [3.8, 4) is 6.07 Å². The van der Waals surface area contributed by atoms with Gasteiger partial charge in [-0.1, -0.05) is 12.1 Å². The van der Waals surface area contributed by atoms with Crippen LogP contribution >= 0.6 is 0 Å². The zero-order valence-corrected chi connectivity index (χ0v) is 15.5. The van der Waals surface area contributed by atoms with Gasteiger partial charge >= 0.3 is 5.97 Å². The summed E-state index contributed by atoms with van der Waals surface area (Å²) >= 11 is 0. The molecule has 0 aliphatic carbocycles. The molecule has 3 aromatic rings. The number of hydrogen-bond donors (Lipinski definition) is 3. The lowest BCUT2D eigenvalue weighted by Gasteiger charge is -2.13. The zero-order valence-electron chi connectivity index (χ0n) is 15.5. The summed E-state index contributed by atoms with van der Waals surface area (Å²) in [5, 5.41) is 27.8. The number of amides is 1. The second kappa shape index (κ2) is 8.35.